The van der Waals surface area contributed by atoms with Gasteiger partial charge in [-0.15, -0.1) is 18.3 Å². The highest BCUT2D eigenvalue weighted by Gasteiger charge is 2.64. The van der Waals surface area contributed by atoms with Crippen LogP contribution in [0.1, 0.15) is 89.0 Å². The number of aliphatic hydroxyl groups excluding tert-OH is 2. The van der Waals surface area contributed by atoms with Gasteiger partial charge in [-0.1, -0.05) is 43.0 Å². The average Bonchev–Trinajstić information content (AvgIpc) is 3.72. The number of carbonyl (C=O) groups excluding carboxylic acids is 1. The summed E-state index contributed by atoms with van der Waals surface area (Å²) in [5, 5.41) is 27.7. The summed E-state index contributed by atoms with van der Waals surface area (Å²) in [7, 11) is 3.10. The average molecular weight is 779 g/mol. The summed E-state index contributed by atoms with van der Waals surface area (Å²) in [4.78, 5) is 19.2. The van der Waals surface area contributed by atoms with Crippen molar-refractivity contribution in [2.75, 3.05) is 46.0 Å². The summed E-state index contributed by atoms with van der Waals surface area (Å²) in [6.07, 6.45) is 13.8. The van der Waals surface area contributed by atoms with Crippen molar-refractivity contribution >= 4 is 29.3 Å². The minimum Gasteiger partial charge on any atom is -0.497 e. The zero-order valence-electron chi connectivity index (χ0n) is 32.5. The second kappa shape index (κ2) is 19.4. The number of nitrogens with one attached hydrogen (secondary N) is 1. The second-order valence-corrected chi connectivity index (χ2v) is 16.3. The lowest BCUT2D eigenvalue weighted by Crippen LogP contribution is -2.64. The largest absolute Gasteiger partial charge is 0.497 e. The number of carbonyl (C=O) groups is 1. The van der Waals surface area contributed by atoms with Crippen LogP contribution in [-0.4, -0.2) is 79.0 Å². The van der Waals surface area contributed by atoms with E-state index in [2.05, 4.69) is 18.0 Å². The SMILES string of the molecule is C=CCO[C@@]12Oc3ccc(OC(=O)Nc4ccc(OC)cc4OC)cc3[C@H]3[C@H](CCCCO)[C@@H](CCCCO)C=C(C(=NOCC)C[C@@H]1SC1CCCC1)[C@H]32. The number of oxime groups is 1. The number of anilines is 1. The molecule has 2 saturated carbocycles. The highest BCUT2D eigenvalue weighted by Crippen LogP contribution is 2.63. The Hall–Kier alpha value is -3.71. The van der Waals surface area contributed by atoms with Crippen molar-refractivity contribution in [3.8, 4) is 23.0 Å². The van der Waals surface area contributed by atoms with E-state index in [1.165, 1.54) is 20.0 Å². The summed E-state index contributed by atoms with van der Waals surface area (Å²) in [6.45, 7) is 7.02. The van der Waals surface area contributed by atoms with Crippen LogP contribution >= 0.6 is 11.8 Å². The standard InChI is InChI=1S/C43H58N2O9S/c1-5-23-51-43-39(55-31-14-7-8-15-31)27-36(45-52-6-2)33-24-28(13-9-11-21-46)32(16-10-12-22-47)40(41(33)43)34-25-30(18-20-37(34)54-43)53-42(48)44-35-19-17-29(49-3)26-38(35)50-4/h5,17-20,24-26,28,31-32,39-41,46-47H,1,6-16,21-23,27H2,2-4H3,(H,44,48)/t28-,32+,39-,40+,41+,43+/m0/s1. The van der Waals surface area contributed by atoms with Gasteiger partial charge in [0.25, 0.3) is 0 Å². The molecule has 0 aromatic heterocycles. The van der Waals surface area contributed by atoms with Crippen molar-refractivity contribution in [2.24, 2.45) is 22.9 Å². The molecule has 2 aromatic rings. The third-order valence-corrected chi connectivity index (χ3v) is 13.1. The molecule has 1 amide bonds. The molecule has 55 heavy (non-hydrogen) atoms. The quantitative estimate of drug-likeness (QED) is 0.0722. The summed E-state index contributed by atoms with van der Waals surface area (Å²) in [6, 6.07) is 10.8. The third kappa shape index (κ3) is 9.14. The van der Waals surface area contributed by atoms with Gasteiger partial charge in [0.15, 0.2) is 0 Å². The zero-order valence-corrected chi connectivity index (χ0v) is 33.3. The number of benzene rings is 2. The third-order valence-electron chi connectivity index (χ3n) is 11.4. The Bertz CT molecular complexity index is 1680. The molecule has 0 bridgehead atoms. The van der Waals surface area contributed by atoms with E-state index in [0.717, 1.165) is 61.8 Å². The van der Waals surface area contributed by atoms with Gasteiger partial charge in [0.2, 0.25) is 5.79 Å². The Labute approximate surface area is 329 Å². The minimum absolute atomic E-state index is 0.0715. The van der Waals surface area contributed by atoms with Gasteiger partial charge in [-0.2, -0.15) is 0 Å². The molecule has 0 spiro atoms. The topological polar surface area (TPSA) is 137 Å². The molecule has 6 rings (SSSR count). The maximum absolute atomic E-state index is 13.4. The number of hydrogen-bond acceptors (Lipinski definition) is 11. The molecule has 6 atom stereocenters. The van der Waals surface area contributed by atoms with Crippen LogP contribution < -0.4 is 24.3 Å². The van der Waals surface area contributed by atoms with Crippen LogP contribution in [-0.2, 0) is 9.57 Å². The molecule has 0 saturated heterocycles. The Kier molecular flexibility index (Phi) is 14.5. The van der Waals surface area contributed by atoms with Gasteiger partial charge in [-0.05, 0) is 93.2 Å². The Balaban J connectivity index is 1.46. The molecule has 2 fully saturated rings. The van der Waals surface area contributed by atoms with Gasteiger partial charge < -0.3 is 38.7 Å². The Morgan fingerprint density at radius 3 is 2.51 bits per heavy atom. The lowest BCUT2D eigenvalue weighted by molar-refractivity contribution is -0.223. The van der Waals surface area contributed by atoms with Crippen molar-refractivity contribution in [3.63, 3.8) is 0 Å². The number of hydrogen-bond donors (Lipinski definition) is 3. The van der Waals surface area contributed by atoms with Crippen LogP contribution in [0.4, 0.5) is 10.5 Å². The number of amides is 1. The molecule has 4 aliphatic rings. The lowest BCUT2D eigenvalue weighted by atomic mass is 9.56. The van der Waals surface area contributed by atoms with Gasteiger partial charge in [-0.25, -0.2) is 4.79 Å². The van der Waals surface area contributed by atoms with Crippen LogP contribution in [0.3, 0.4) is 0 Å². The zero-order chi connectivity index (χ0) is 38.8. The Morgan fingerprint density at radius 2 is 1.80 bits per heavy atom. The molecule has 12 heteroatoms. The number of thioether (sulfide) groups is 1. The summed E-state index contributed by atoms with van der Waals surface area (Å²) in [5.74, 6) is 1.07. The van der Waals surface area contributed by atoms with E-state index in [9.17, 15) is 15.0 Å². The first kappa shape index (κ1) is 40.9. The number of fused-ring (bicyclic) bond motifs is 2. The van der Waals surface area contributed by atoms with Crippen LogP contribution in [0.5, 0.6) is 23.0 Å². The van der Waals surface area contributed by atoms with E-state index in [4.69, 9.17) is 33.7 Å². The van der Waals surface area contributed by atoms with Crippen molar-refractivity contribution in [2.45, 2.75) is 99.8 Å². The van der Waals surface area contributed by atoms with E-state index in [-0.39, 0.29) is 42.1 Å². The molecular formula is C43H58N2O9S. The van der Waals surface area contributed by atoms with E-state index < -0.39 is 11.9 Å². The fourth-order valence-electron chi connectivity index (χ4n) is 9.05. The highest BCUT2D eigenvalue weighted by atomic mass is 32.2. The number of nitrogens with zero attached hydrogens (tertiary/aromatic N) is 1. The van der Waals surface area contributed by atoms with Crippen molar-refractivity contribution in [1.82, 2.24) is 0 Å². The lowest BCUT2D eigenvalue weighted by Gasteiger charge is -2.58. The fourth-order valence-corrected chi connectivity index (χ4v) is 10.8. The predicted octanol–water partition coefficient (Wildman–Crippen LogP) is 8.64. The number of allylic oxidation sites excluding steroid dienone is 1. The first-order valence-corrected chi connectivity index (χ1v) is 20.9. The van der Waals surface area contributed by atoms with Crippen LogP contribution in [0.25, 0.3) is 0 Å². The van der Waals surface area contributed by atoms with Gasteiger partial charge in [0.1, 0.15) is 29.6 Å². The maximum Gasteiger partial charge on any atom is 0.417 e. The molecule has 3 N–H and O–H groups in total. The smallest absolute Gasteiger partial charge is 0.417 e. The van der Waals surface area contributed by atoms with E-state index in [1.807, 2.05) is 30.8 Å². The number of ether oxygens (including phenoxy) is 5. The molecule has 11 nitrogen and oxygen atoms in total. The second-order valence-electron chi connectivity index (χ2n) is 14.8. The van der Waals surface area contributed by atoms with Gasteiger partial charge in [0, 0.05) is 42.4 Å². The first-order chi connectivity index (χ1) is 26.9. The number of rotatable bonds is 19. The molecule has 1 aliphatic heterocycles. The normalized spacial score (nSPS) is 26.3. The number of unbranched alkanes of at least 4 members (excludes halogenated alkanes) is 2. The van der Waals surface area contributed by atoms with Crippen LogP contribution in [0.2, 0.25) is 0 Å². The van der Waals surface area contributed by atoms with Crippen LogP contribution in [0, 0.1) is 17.8 Å². The minimum atomic E-state index is -1.02. The number of methoxy groups -OCH3 is 2. The summed E-state index contributed by atoms with van der Waals surface area (Å²) < 4.78 is 31.0. The highest BCUT2D eigenvalue weighted by molar-refractivity contribution is 8.00. The van der Waals surface area contributed by atoms with Gasteiger partial charge >= 0.3 is 6.09 Å². The molecule has 0 unspecified atom stereocenters. The van der Waals surface area contributed by atoms with E-state index in [0.29, 0.717) is 60.0 Å². The summed E-state index contributed by atoms with van der Waals surface area (Å²) >= 11 is 1.97. The van der Waals surface area contributed by atoms with E-state index >= 15 is 0 Å². The molecule has 3 aliphatic carbocycles. The summed E-state index contributed by atoms with van der Waals surface area (Å²) in [5.41, 5.74) is 3.41. The predicted molar refractivity (Wildman–Crippen MR) is 216 cm³/mol. The van der Waals surface area contributed by atoms with Crippen molar-refractivity contribution in [1.29, 1.82) is 0 Å². The molecule has 1 heterocycles. The van der Waals surface area contributed by atoms with Gasteiger partial charge in [0.05, 0.1) is 43.4 Å². The van der Waals surface area contributed by atoms with Gasteiger partial charge in [-0.3, -0.25) is 5.32 Å². The Morgan fingerprint density at radius 1 is 1.04 bits per heavy atom. The maximum atomic E-state index is 13.4. The van der Waals surface area contributed by atoms with Crippen LogP contribution in [0.15, 0.2) is 65.9 Å². The van der Waals surface area contributed by atoms with E-state index in [1.54, 1.807) is 37.5 Å². The first-order valence-electron chi connectivity index (χ1n) is 20.0. The molecule has 0 radical (unpaired) electrons. The molecular weight excluding hydrogens is 721 g/mol. The monoisotopic (exact) mass is 778 g/mol. The molecule has 300 valence electrons. The number of aliphatic hydroxyl groups is 2. The molecule has 2 aromatic carbocycles. The fraction of sp³-hybridized carbons (Fsp3) is 0.581. The van der Waals surface area contributed by atoms with Crippen molar-refractivity contribution in [3.05, 3.63) is 66.3 Å². The van der Waals surface area contributed by atoms with Crippen molar-refractivity contribution < 1.29 is 43.5 Å².